The molecule has 12 N–H and O–H groups in total. The molecular weight excluding hydrogens is 1060 g/mol. The Hall–Kier alpha value is -1.47. The van der Waals surface area contributed by atoms with Crippen molar-refractivity contribution in [2.24, 2.45) is 0 Å². The van der Waals surface area contributed by atoms with Crippen molar-refractivity contribution in [2.75, 3.05) is 26.4 Å². The lowest BCUT2D eigenvalue weighted by molar-refractivity contribution is -0.379. The molecule has 3 aliphatic heterocycles. The van der Waals surface area contributed by atoms with Gasteiger partial charge in [0, 0.05) is 6.42 Å². The maximum Gasteiger partial charge on any atom is 0.220 e. The number of hydrogen-bond donors (Lipinski definition) is 12. The van der Waals surface area contributed by atoms with Crippen LogP contribution in [0.15, 0.2) is 12.2 Å². The van der Waals surface area contributed by atoms with Gasteiger partial charge in [-0.1, -0.05) is 238 Å². The monoisotopic (exact) mass is 1180 g/mol. The Kier molecular flexibility index (Phi) is 42.5. The highest BCUT2D eigenvalue weighted by Gasteiger charge is 2.53. The predicted molar refractivity (Wildman–Crippen MR) is 314 cm³/mol. The van der Waals surface area contributed by atoms with Crippen molar-refractivity contribution in [2.45, 2.75) is 356 Å². The molecule has 0 aromatic heterocycles. The third kappa shape index (κ3) is 29.5. The van der Waals surface area contributed by atoms with E-state index in [4.69, 9.17) is 28.4 Å². The SMILES string of the molecule is CCCCCCCCCCCCCCCCCCC/C=C/C(O)C(COC1OC(CO)C(OC2OC(CO)C(OC3OC(CO)C(O)C(O)C3O)C(O)C2O)C(O)C1O)NC(=O)CCCCCCCCCCCCCCCCCCCC. The number of carbonyl (C=O) groups is 1. The molecule has 17 unspecified atom stereocenters. The number of rotatable bonds is 50. The molecule has 3 aliphatic rings. The normalized spacial score (nSPS) is 29.6. The molecule has 3 fully saturated rings. The van der Waals surface area contributed by atoms with Gasteiger partial charge in [-0.15, -0.1) is 0 Å². The van der Waals surface area contributed by atoms with Gasteiger partial charge in [-0.3, -0.25) is 4.79 Å². The van der Waals surface area contributed by atoms with Crippen LogP contribution >= 0.6 is 0 Å². The van der Waals surface area contributed by atoms with Crippen LogP contribution in [-0.2, 0) is 33.2 Å². The smallest absolute Gasteiger partial charge is 0.220 e. The second-order valence-electron chi connectivity index (χ2n) is 23.9. The molecule has 484 valence electrons. The van der Waals surface area contributed by atoms with E-state index >= 15 is 0 Å². The average molecular weight is 1180 g/mol. The average Bonchev–Trinajstić information content (AvgIpc) is 3.17. The summed E-state index contributed by atoms with van der Waals surface area (Å²) < 4.78 is 34.3. The van der Waals surface area contributed by atoms with E-state index in [1.807, 2.05) is 6.08 Å². The zero-order valence-corrected chi connectivity index (χ0v) is 50.7. The van der Waals surface area contributed by atoms with Gasteiger partial charge >= 0.3 is 0 Å². The molecule has 0 aromatic carbocycles. The van der Waals surface area contributed by atoms with Crippen molar-refractivity contribution in [3.8, 4) is 0 Å². The van der Waals surface area contributed by atoms with Crippen LogP contribution in [0.25, 0.3) is 0 Å². The molecule has 0 aromatic rings. The lowest BCUT2D eigenvalue weighted by Gasteiger charge is -2.48. The number of carbonyl (C=O) groups excluding carboxylic acids is 1. The van der Waals surface area contributed by atoms with Gasteiger partial charge in [-0.25, -0.2) is 0 Å². The fraction of sp³-hybridized carbons (Fsp3) is 0.952. The summed E-state index contributed by atoms with van der Waals surface area (Å²) in [5, 5.41) is 120. The summed E-state index contributed by atoms with van der Waals surface area (Å²) in [6.07, 6.45) is 21.8. The number of hydrogen-bond acceptors (Lipinski definition) is 18. The molecule has 82 heavy (non-hydrogen) atoms. The van der Waals surface area contributed by atoms with Crippen molar-refractivity contribution in [3.05, 3.63) is 12.2 Å². The van der Waals surface area contributed by atoms with Gasteiger partial charge in [0.1, 0.15) is 73.2 Å². The minimum atomic E-state index is -1.97. The lowest BCUT2D eigenvalue weighted by atomic mass is 9.96. The van der Waals surface area contributed by atoms with Crippen LogP contribution in [0.2, 0.25) is 0 Å². The number of unbranched alkanes of at least 4 members (excludes halogenated alkanes) is 34. The summed E-state index contributed by atoms with van der Waals surface area (Å²) in [6.45, 7) is 1.76. The Balaban J connectivity index is 1.47. The number of aliphatic hydroxyl groups is 11. The van der Waals surface area contributed by atoms with E-state index < -0.39 is 124 Å². The van der Waals surface area contributed by atoms with Gasteiger partial charge in [0.15, 0.2) is 18.9 Å². The summed E-state index contributed by atoms with van der Waals surface area (Å²) in [5.41, 5.74) is 0. The van der Waals surface area contributed by atoms with E-state index in [-0.39, 0.29) is 18.9 Å². The Morgan fingerprint density at radius 3 is 1.15 bits per heavy atom. The van der Waals surface area contributed by atoms with Crippen LogP contribution in [0.3, 0.4) is 0 Å². The second-order valence-corrected chi connectivity index (χ2v) is 23.9. The Bertz CT molecular complexity index is 1550. The van der Waals surface area contributed by atoms with Crippen LogP contribution < -0.4 is 5.32 Å². The molecule has 3 heterocycles. The van der Waals surface area contributed by atoms with Crippen LogP contribution in [0.5, 0.6) is 0 Å². The van der Waals surface area contributed by atoms with Gasteiger partial charge in [0.25, 0.3) is 0 Å². The zero-order chi connectivity index (χ0) is 59.7. The predicted octanol–water partition coefficient (Wildman–Crippen LogP) is 7.33. The van der Waals surface area contributed by atoms with Gasteiger partial charge in [0.05, 0.1) is 38.6 Å². The summed E-state index contributed by atoms with van der Waals surface area (Å²) in [6, 6.07) is -0.967. The van der Waals surface area contributed by atoms with Crippen LogP contribution in [-0.4, -0.2) is 193 Å². The highest BCUT2D eigenvalue weighted by atomic mass is 16.8. The Morgan fingerprint density at radius 2 is 0.756 bits per heavy atom. The molecule has 0 radical (unpaired) electrons. The first-order valence-corrected chi connectivity index (χ1v) is 32.9. The van der Waals surface area contributed by atoms with Crippen LogP contribution in [0.4, 0.5) is 0 Å². The number of nitrogens with one attached hydrogen (secondary N) is 1. The molecule has 17 atom stereocenters. The fourth-order valence-corrected chi connectivity index (χ4v) is 11.4. The summed E-state index contributed by atoms with van der Waals surface area (Å²) in [5.74, 6) is -0.271. The van der Waals surface area contributed by atoms with E-state index in [0.717, 1.165) is 44.9 Å². The summed E-state index contributed by atoms with van der Waals surface area (Å²) in [4.78, 5) is 13.4. The van der Waals surface area contributed by atoms with Gasteiger partial charge in [-0.05, 0) is 19.3 Å². The van der Waals surface area contributed by atoms with E-state index in [1.165, 1.54) is 180 Å². The maximum atomic E-state index is 13.4. The molecule has 0 spiro atoms. The number of amides is 1. The molecule has 0 bridgehead atoms. The summed E-state index contributed by atoms with van der Waals surface area (Å²) in [7, 11) is 0. The van der Waals surface area contributed by atoms with Crippen molar-refractivity contribution in [1.82, 2.24) is 5.32 Å². The molecule has 0 saturated carbocycles. The molecule has 3 rings (SSSR count). The van der Waals surface area contributed by atoms with Gasteiger partial charge < -0.3 is 89.9 Å². The van der Waals surface area contributed by atoms with Crippen LogP contribution in [0.1, 0.15) is 251 Å². The Labute approximate surface area is 493 Å². The first kappa shape index (κ1) is 74.8. The number of aliphatic hydroxyl groups excluding tert-OH is 11. The van der Waals surface area contributed by atoms with Crippen molar-refractivity contribution >= 4 is 5.91 Å². The topological polar surface area (TPSA) is 307 Å². The standard InChI is InChI=1S/C63H119NO18/c1-3-5-7-9-11-13-15-17-19-21-23-24-26-28-30-32-34-36-38-40-47(68)46(64-51(69)41-39-37-35-33-31-29-27-25-22-20-18-16-14-12-10-8-6-4-2)45-77-61-57(75)54(72)59(49(43-66)79-61)82-63-58(76)55(73)60(50(44-67)80-63)81-62-56(74)53(71)52(70)48(42-65)78-62/h38,40,46-50,52-63,65-68,70-76H,3-37,39,41-45H2,1-2H3,(H,64,69)/b40-38+. The van der Waals surface area contributed by atoms with Crippen LogP contribution in [0, 0.1) is 0 Å². The molecular formula is C63H119NO18. The summed E-state index contributed by atoms with van der Waals surface area (Å²) >= 11 is 0. The number of allylic oxidation sites excluding steroid dienone is 1. The largest absolute Gasteiger partial charge is 0.394 e. The third-order valence-corrected chi connectivity index (χ3v) is 16.8. The molecule has 3 saturated heterocycles. The maximum absolute atomic E-state index is 13.4. The molecule has 19 heteroatoms. The lowest BCUT2D eigenvalue weighted by Crippen LogP contribution is -2.66. The fourth-order valence-electron chi connectivity index (χ4n) is 11.4. The highest BCUT2D eigenvalue weighted by molar-refractivity contribution is 5.76. The second kappa shape index (κ2) is 46.7. The minimum Gasteiger partial charge on any atom is -0.394 e. The quantitative estimate of drug-likeness (QED) is 0.0210. The highest BCUT2D eigenvalue weighted by Crippen LogP contribution is 2.33. The molecule has 19 nitrogen and oxygen atoms in total. The minimum absolute atomic E-state index is 0.249. The van der Waals surface area contributed by atoms with E-state index in [0.29, 0.717) is 6.42 Å². The van der Waals surface area contributed by atoms with E-state index in [9.17, 15) is 61.0 Å². The third-order valence-electron chi connectivity index (χ3n) is 16.8. The first-order valence-electron chi connectivity index (χ1n) is 32.9. The first-order chi connectivity index (χ1) is 39.8. The van der Waals surface area contributed by atoms with E-state index in [1.54, 1.807) is 6.08 Å². The van der Waals surface area contributed by atoms with Crippen molar-refractivity contribution in [1.29, 1.82) is 0 Å². The van der Waals surface area contributed by atoms with Crippen molar-refractivity contribution in [3.63, 3.8) is 0 Å². The molecule has 1 amide bonds. The van der Waals surface area contributed by atoms with E-state index in [2.05, 4.69) is 19.2 Å². The van der Waals surface area contributed by atoms with Crippen molar-refractivity contribution < 1.29 is 89.4 Å². The Morgan fingerprint density at radius 1 is 0.427 bits per heavy atom. The van der Waals surface area contributed by atoms with Gasteiger partial charge in [0.2, 0.25) is 5.91 Å². The van der Waals surface area contributed by atoms with Gasteiger partial charge in [-0.2, -0.15) is 0 Å². The zero-order valence-electron chi connectivity index (χ0n) is 50.7. The molecule has 0 aliphatic carbocycles. The number of ether oxygens (including phenoxy) is 6.